The minimum atomic E-state index is -3.56. The van der Waals surface area contributed by atoms with Crippen LogP contribution in [0.3, 0.4) is 0 Å². The number of hydrogen-bond donors (Lipinski definition) is 2. The molecule has 1 aromatic carbocycles. The van der Waals surface area contributed by atoms with E-state index in [2.05, 4.69) is 4.72 Å². The van der Waals surface area contributed by atoms with E-state index >= 15 is 0 Å². The zero-order valence-corrected chi connectivity index (χ0v) is 13.7. The zero-order chi connectivity index (χ0) is 15.5. The van der Waals surface area contributed by atoms with Crippen molar-refractivity contribution in [2.24, 2.45) is 0 Å². The van der Waals surface area contributed by atoms with Gasteiger partial charge in [-0.25, -0.2) is 13.1 Å². The molecule has 0 heterocycles. The van der Waals surface area contributed by atoms with Crippen molar-refractivity contribution in [1.82, 2.24) is 4.72 Å². The highest BCUT2D eigenvalue weighted by atomic mass is 32.2. The van der Waals surface area contributed by atoms with Crippen molar-refractivity contribution in [3.63, 3.8) is 0 Å². The molecule has 0 atom stereocenters. The molecule has 4 nitrogen and oxygen atoms in total. The summed E-state index contributed by atoms with van der Waals surface area (Å²) < 4.78 is 27.4. The number of benzene rings is 1. The van der Waals surface area contributed by atoms with E-state index in [0.717, 1.165) is 36.8 Å². The molecular weight excluding hydrogens is 286 g/mol. The number of aliphatic hydroxyl groups is 1. The SMILES string of the molecule is Cc1cc(C)cc(S(=O)(=O)NCC2(O)CCCCCC2)c1. The van der Waals surface area contributed by atoms with Crippen molar-refractivity contribution in [1.29, 1.82) is 0 Å². The summed E-state index contributed by atoms with van der Waals surface area (Å²) in [4.78, 5) is 0.275. The molecule has 0 unspecified atom stereocenters. The minimum absolute atomic E-state index is 0.0995. The van der Waals surface area contributed by atoms with Crippen molar-refractivity contribution in [3.05, 3.63) is 29.3 Å². The Hall–Kier alpha value is -0.910. The van der Waals surface area contributed by atoms with Crippen LogP contribution in [0.5, 0.6) is 0 Å². The topological polar surface area (TPSA) is 66.4 Å². The first-order valence-corrected chi connectivity index (χ1v) is 9.09. The fourth-order valence-electron chi connectivity index (χ4n) is 2.96. The Morgan fingerprint density at radius 1 is 1.05 bits per heavy atom. The molecule has 2 N–H and O–H groups in total. The molecule has 1 aromatic rings. The van der Waals surface area contributed by atoms with Crippen molar-refractivity contribution in [3.8, 4) is 0 Å². The lowest BCUT2D eigenvalue weighted by Crippen LogP contribution is -2.42. The summed E-state index contributed by atoms with van der Waals surface area (Å²) in [6.45, 7) is 3.86. The van der Waals surface area contributed by atoms with E-state index in [1.165, 1.54) is 0 Å². The monoisotopic (exact) mass is 311 g/mol. The smallest absolute Gasteiger partial charge is 0.240 e. The lowest BCUT2D eigenvalue weighted by atomic mass is 9.95. The Labute approximate surface area is 127 Å². The van der Waals surface area contributed by atoms with Crippen LogP contribution < -0.4 is 4.72 Å². The van der Waals surface area contributed by atoms with Gasteiger partial charge in [-0.05, 0) is 49.9 Å². The average molecular weight is 311 g/mol. The molecule has 0 saturated heterocycles. The number of aryl methyl sites for hydroxylation is 2. The second-order valence-electron chi connectivity index (χ2n) is 6.29. The molecule has 0 amide bonds. The first-order valence-electron chi connectivity index (χ1n) is 7.61. The second kappa shape index (κ2) is 6.46. The summed E-state index contributed by atoms with van der Waals surface area (Å²) >= 11 is 0. The standard InChI is InChI=1S/C16H25NO3S/c1-13-9-14(2)11-15(10-13)21(19,20)17-12-16(18)7-5-3-4-6-8-16/h9-11,17-18H,3-8,12H2,1-2H3. The molecule has 0 aromatic heterocycles. The summed E-state index contributed by atoms with van der Waals surface area (Å²) in [5, 5.41) is 10.5. The minimum Gasteiger partial charge on any atom is -0.389 e. The van der Waals surface area contributed by atoms with E-state index in [-0.39, 0.29) is 11.4 Å². The summed E-state index contributed by atoms with van der Waals surface area (Å²) in [6, 6.07) is 5.26. The third-order valence-corrected chi connectivity index (χ3v) is 5.51. The van der Waals surface area contributed by atoms with Crippen molar-refractivity contribution >= 4 is 10.0 Å². The number of rotatable bonds is 4. The van der Waals surface area contributed by atoms with Crippen molar-refractivity contribution in [2.45, 2.75) is 62.9 Å². The Balaban J connectivity index is 2.10. The fourth-order valence-corrected chi connectivity index (χ4v) is 4.27. The van der Waals surface area contributed by atoms with E-state index in [4.69, 9.17) is 0 Å². The normalized spacial score (nSPS) is 19.2. The maximum Gasteiger partial charge on any atom is 0.240 e. The Kier molecular flexibility index (Phi) is 5.07. The number of hydrogen-bond acceptors (Lipinski definition) is 3. The summed E-state index contributed by atoms with van der Waals surface area (Å²) in [7, 11) is -3.56. The van der Waals surface area contributed by atoms with Gasteiger partial charge in [-0.15, -0.1) is 0 Å². The van der Waals surface area contributed by atoms with Gasteiger partial charge >= 0.3 is 0 Å². The number of nitrogens with one attached hydrogen (secondary N) is 1. The molecule has 5 heteroatoms. The van der Waals surface area contributed by atoms with Crippen LogP contribution in [0.1, 0.15) is 49.7 Å². The molecule has 0 radical (unpaired) electrons. The Morgan fingerprint density at radius 3 is 2.10 bits per heavy atom. The molecule has 2 rings (SSSR count). The molecule has 1 fully saturated rings. The maximum atomic E-state index is 12.4. The predicted molar refractivity (Wildman–Crippen MR) is 83.8 cm³/mol. The molecule has 1 aliphatic rings. The number of sulfonamides is 1. The Morgan fingerprint density at radius 2 is 1.57 bits per heavy atom. The third kappa shape index (κ3) is 4.53. The van der Waals surface area contributed by atoms with Crippen LogP contribution in [-0.4, -0.2) is 25.7 Å². The van der Waals surface area contributed by atoms with Crippen LogP contribution in [0.2, 0.25) is 0 Å². The van der Waals surface area contributed by atoms with Gasteiger partial charge in [0.05, 0.1) is 10.5 Å². The zero-order valence-electron chi connectivity index (χ0n) is 12.9. The van der Waals surface area contributed by atoms with E-state index in [0.29, 0.717) is 12.8 Å². The second-order valence-corrected chi connectivity index (χ2v) is 8.05. The molecule has 0 bridgehead atoms. The highest BCUT2D eigenvalue weighted by Gasteiger charge is 2.30. The van der Waals surface area contributed by atoms with Crippen LogP contribution in [-0.2, 0) is 10.0 Å². The lowest BCUT2D eigenvalue weighted by Gasteiger charge is -2.26. The largest absolute Gasteiger partial charge is 0.389 e. The highest BCUT2D eigenvalue weighted by molar-refractivity contribution is 7.89. The van der Waals surface area contributed by atoms with Gasteiger partial charge in [-0.2, -0.15) is 0 Å². The van der Waals surface area contributed by atoms with Crippen molar-refractivity contribution < 1.29 is 13.5 Å². The molecule has 1 saturated carbocycles. The van der Waals surface area contributed by atoms with Crippen LogP contribution in [0.25, 0.3) is 0 Å². The quantitative estimate of drug-likeness (QED) is 0.840. The molecule has 118 valence electrons. The first kappa shape index (κ1) is 16.5. The lowest BCUT2D eigenvalue weighted by molar-refractivity contribution is 0.0303. The summed E-state index contributed by atoms with van der Waals surface area (Å²) in [5.74, 6) is 0. The van der Waals surface area contributed by atoms with E-state index in [9.17, 15) is 13.5 Å². The Bertz CT molecular complexity index is 567. The summed E-state index contributed by atoms with van der Waals surface area (Å²) in [6.07, 6.45) is 5.49. The van der Waals surface area contributed by atoms with Crippen LogP contribution >= 0.6 is 0 Å². The van der Waals surface area contributed by atoms with E-state index in [1.807, 2.05) is 19.9 Å². The molecule has 0 spiro atoms. The van der Waals surface area contributed by atoms with Crippen molar-refractivity contribution in [2.75, 3.05) is 6.54 Å². The van der Waals surface area contributed by atoms with Gasteiger partial charge < -0.3 is 5.11 Å². The third-order valence-electron chi connectivity index (χ3n) is 4.13. The van der Waals surface area contributed by atoms with E-state index in [1.54, 1.807) is 12.1 Å². The van der Waals surface area contributed by atoms with Gasteiger partial charge in [0.2, 0.25) is 10.0 Å². The van der Waals surface area contributed by atoms with Gasteiger partial charge in [0.1, 0.15) is 0 Å². The first-order chi connectivity index (χ1) is 9.81. The molecule has 0 aliphatic heterocycles. The molecular formula is C16H25NO3S. The van der Waals surface area contributed by atoms with Gasteiger partial charge in [-0.3, -0.25) is 0 Å². The van der Waals surface area contributed by atoms with Gasteiger partial charge in [0.15, 0.2) is 0 Å². The highest BCUT2D eigenvalue weighted by Crippen LogP contribution is 2.27. The van der Waals surface area contributed by atoms with Crippen LogP contribution in [0.4, 0.5) is 0 Å². The van der Waals surface area contributed by atoms with Gasteiger partial charge in [0.25, 0.3) is 0 Å². The van der Waals surface area contributed by atoms with Gasteiger partial charge in [0, 0.05) is 6.54 Å². The fraction of sp³-hybridized carbons (Fsp3) is 0.625. The van der Waals surface area contributed by atoms with E-state index < -0.39 is 15.6 Å². The van der Waals surface area contributed by atoms with Gasteiger partial charge in [-0.1, -0.05) is 31.7 Å². The average Bonchev–Trinajstić information content (AvgIpc) is 2.61. The van der Waals surface area contributed by atoms with Crippen LogP contribution in [0.15, 0.2) is 23.1 Å². The predicted octanol–water partition coefficient (Wildman–Crippen LogP) is 2.67. The maximum absolute atomic E-state index is 12.4. The summed E-state index contributed by atoms with van der Waals surface area (Å²) in [5.41, 5.74) is 0.940. The molecule has 21 heavy (non-hydrogen) atoms. The van der Waals surface area contributed by atoms with Crippen LogP contribution in [0, 0.1) is 13.8 Å². The molecule has 1 aliphatic carbocycles.